The molecule has 0 amide bonds. The summed E-state index contributed by atoms with van der Waals surface area (Å²) >= 11 is -2.01. The monoisotopic (exact) mass is 959 g/mol. The number of hydrogen-bond donors (Lipinski definition) is 0. The molecular formula is C62H43GeN7. The molecule has 8 heteroatoms. The van der Waals surface area contributed by atoms with E-state index >= 15 is 0 Å². The maximum atomic E-state index is 11.6. The first-order chi connectivity index (χ1) is 34.4. The van der Waals surface area contributed by atoms with Gasteiger partial charge in [0.15, 0.2) is 11.6 Å². The van der Waals surface area contributed by atoms with Gasteiger partial charge in [0, 0.05) is 21.5 Å². The molecule has 9 aromatic carbocycles. The number of aromatic nitrogens is 6. The van der Waals surface area contributed by atoms with E-state index in [4.69, 9.17) is 9.97 Å². The van der Waals surface area contributed by atoms with Crippen molar-refractivity contribution in [2.24, 2.45) is 0 Å². The Labute approximate surface area is 405 Å². The molecule has 330 valence electrons. The van der Waals surface area contributed by atoms with Gasteiger partial charge in [-0.15, -0.1) is 0 Å². The first-order valence-electron chi connectivity index (χ1n) is 23.8. The van der Waals surface area contributed by atoms with E-state index < -0.39 is 13.3 Å². The van der Waals surface area contributed by atoms with Crippen molar-refractivity contribution in [3.8, 4) is 40.5 Å². The first kappa shape index (κ1) is 40.4. The summed E-state index contributed by atoms with van der Waals surface area (Å²) in [7, 11) is 0. The second-order valence-corrected chi connectivity index (χ2v) is 30.0. The Morgan fingerprint density at radius 2 is 0.757 bits per heavy atom. The van der Waals surface area contributed by atoms with Crippen LogP contribution in [0.5, 0.6) is 0 Å². The molecule has 5 heterocycles. The van der Waals surface area contributed by atoms with Gasteiger partial charge in [-0.1, -0.05) is 91.0 Å². The summed E-state index contributed by atoms with van der Waals surface area (Å²) in [5.41, 5.74) is 11.7. The van der Waals surface area contributed by atoms with Gasteiger partial charge in [0.25, 0.3) is 0 Å². The van der Waals surface area contributed by atoms with Crippen LogP contribution >= 0.6 is 0 Å². The van der Waals surface area contributed by atoms with Crippen molar-refractivity contribution < 1.29 is 0 Å². The molecule has 0 spiro atoms. The molecule has 0 aliphatic carbocycles. The van der Waals surface area contributed by atoms with Gasteiger partial charge >= 0.3 is 195 Å². The Kier molecular flexibility index (Phi) is 8.74. The Bertz CT molecular complexity index is 4290. The minimum atomic E-state index is -2.01. The maximum absolute atomic E-state index is 11.6. The zero-order valence-electron chi connectivity index (χ0n) is 38.8. The third kappa shape index (κ3) is 5.81. The summed E-state index contributed by atoms with van der Waals surface area (Å²) in [6.07, 6.45) is 0. The SMILES string of the molecule is [CH3][Ge]([CH3])([CH3])[c]1ccc(-c2cccc(-n3c4ccccc4c4ccc5c6ccccc6n(-c6nc(-n7c8ccccc8c8ccccc87)c(C#N)c(-n7c8ccccc8c8ccccc87)n6)c5c43)c2)cc1. The van der Waals surface area contributed by atoms with Crippen molar-refractivity contribution >= 4 is 105 Å². The van der Waals surface area contributed by atoms with Crippen molar-refractivity contribution in [3.05, 3.63) is 212 Å². The van der Waals surface area contributed by atoms with Crippen molar-refractivity contribution in [2.45, 2.75) is 17.3 Å². The van der Waals surface area contributed by atoms with Gasteiger partial charge in [-0.3, -0.25) is 9.13 Å². The van der Waals surface area contributed by atoms with Crippen LogP contribution in [0.15, 0.2) is 206 Å². The van der Waals surface area contributed by atoms with Crippen LogP contribution in [0.1, 0.15) is 5.56 Å². The van der Waals surface area contributed by atoms with Gasteiger partial charge in [0.2, 0.25) is 0 Å². The molecule has 0 atom stereocenters. The normalized spacial score (nSPS) is 12.2. The summed E-state index contributed by atoms with van der Waals surface area (Å²) in [4.78, 5) is 11.3. The predicted molar refractivity (Wildman–Crippen MR) is 293 cm³/mol. The van der Waals surface area contributed by atoms with E-state index in [-0.39, 0.29) is 0 Å². The van der Waals surface area contributed by atoms with Crippen LogP contribution in [0.3, 0.4) is 0 Å². The fourth-order valence-corrected chi connectivity index (χ4v) is 13.7. The van der Waals surface area contributed by atoms with E-state index in [0.717, 1.165) is 98.5 Å². The molecule has 0 saturated carbocycles. The zero-order chi connectivity index (χ0) is 46.8. The van der Waals surface area contributed by atoms with Crippen molar-refractivity contribution in [1.29, 1.82) is 5.26 Å². The Morgan fingerprint density at radius 3 is 1.19 bits per heavy atom. The number of benzene rings is 9. The molecular weight excluding hydrogens is 915 g/mol. The van der Waals surface area contributed by atoms with E-state index in [0.29, 0.717) is 23.1 Å². The van der Waals surface area contributed by atoms with Crippen LogP contribution in [0, 0.1) is 11.3 Å². The molecule has 0 saturated heterocycles. The van der Waals surface area contributed by atoms with E-state index in [9.17, 15) is 5.26 Å². The molecule has 0 radical (unpaired) electrons. The van der Waals surface area contributed by atoms with Crippen molar-refractivity contribution in [1.82, 2.24) is 28.2 Å². The topological polar surface area (TPSA) is 69.3 Å². The number of rotatable bonds is 6. The quantitative estimate of drug-likeness (QED) is 0.156. The number of fused-ring (bicyclic) bond motifs is 13. The van der Waals surface area contributed by atoms with Gasteiger partial charge in [0.05, 0.1) is 22.1 Å². The third-order valence-corrected chi connectivity index (χ3v) is 18.7. The zero-order valence-corrected chi connectivity index (χ0v) is 40.9. The molecule has 14 aromatic rings. The van der Waals surface area contributed by atoms with Crippen LogP contribution < -0.4 is 4.40 Å². The Hall–Kier alpha value is -8.71. The van der Waals surface area contributed by atoms with Gasteiger partial charge in [0.1, 0.15) is 11.6 Å². The standard InChI is InChI=1S/C62H43GeN7/c1-63(2,3)41-33-31-39(32-34-41)40-17-16-18-42(37-40)67-52-25-10-8-23-47(52)49-35-36-50-48-24-9-15-30-57(48)70(59(50)58(49)67)62-65-60(68-53-26-11-4-19-43(53)44-20-5-12-27-54(44)68)51(38-64)61(66-62)69-55-28-13-6-21-45(55)46-22-7-14-29-56(46)69/h4-37H,1-3H3. The van der Waals surface area contributed by atoms with Crippen LogP contribution in [0.4, 0.5) is 0 Å². The second kappa shape index (κ2) is 15.1. The molecule has 0 fully saturated rings. The molecule has 7 nitrogen and oxygen atoms in total. The predicted octanol–water partition coefficient (Wildman–Crippen LogP) is 14.9. The Morgan fingerprint density at radius 1 is 0.371 bits per heavy atom. The van der Waals surface area contributed by atoms with Gasteiger partial charge in [-0.2, -0.15) is 15.2 Å². The van der Waals surface area contributed by atoms with E-state index in [1.165, 1.54) is 9.96 Å². The van der Waals surface area contributed by atoms with Crippen LogP contribution in [0.25, 0.3) is 122 Å². The summed E-state index contributed by atoms with van der Waals surface area (Å²) in [6.45, 7) is 0. The second-order valence-electron chi connectivity index (χ2n) is 19.3. The average molecular weight is 959 g/mol. The molecule has 0 N–H and O–H groups in total. The van der Waals surface area contributed by atoms with Crippen molar-refractivity contribution in [2.75, 3.05) is 0 Å². The molecule has 0 bridgehead atoms. The number of nitriles is 1. The minimum absolute atomic E-state index is 0.373. The summed E-state index contributed by atoms with van der Waals surface area (Å²) in [5.74, 6) is 8.80. The summed E-state index contributed by atoms with van der Waals surface area (Å²) in [6, 6.07) is 76.3. The van der Waals surface area contributed by atoms with Gasteiger partial charge < -0.3 is 0 Å². The number of nitrogens with zero attached hydrogens (tertiary/aromatic N) is 7. The third-order valence-electron chi connectivity index (χ3n) is 14.4. The van der Waals surface area contributed by atoms with E-state index in [1.807, 2.05) is 0 Å². The van der Waals surface area contributed by atoms with E-state index in [2.05, 4.69) is 248 Å². The van der Waals surface area contributed by atoms with Crippen molar-refractivity contribution in [3.63, 3.8) is 0 Å². The van der Waals surface area contributed by atoms with E-state index in [1.54, 1.807) is 0 Å². The van der Waals surface area contributed by atoms with Crippen LogP contribution in [-0.2, 0) is 0 Å². The fraction of sp³-hybridized carbons (Fsp3) is 0.0484. The molecule has 70 heavy (non-hydrogen) atoms. The number of para-hydroxylation sites is 6. The molecule has 0 aliphatic rings. The van der Waals surface area contributed by atoms with Crippen LogP contribution in [0.2, 0.25) is 17.3 Å². The molecule has 0 unspecified atom stereocenters. The summed E-state index contributed by atoms with van der Waals surface area (Å²) < 4.78 is 10.5. The average Bonchev–Trinajstić information content (AvgIpc) is 4.13. The van der Waals surface area contributed by atoms with Gasteiger partial charge in [-0.05, 0) is 30.3 Å². The molecule has 0 aliphatic heterocycles. The summed E-state index contributed by atoms with van der Waals surface area (Å²) in [5, 5.41) is 20.4. The molecule has 14 rings (SSSR count). The van der Waals surface area contributed by atoms with Crippen LogP contribution in [-0.4, -0.2) is 41.5 Å². The van der Waals surface area contributed by atoms with Gasteiger partial charge in [-0.25, -0.2) is 0 Å². The fourth-order valence-electron chi connectivity index (χ4n) is 11.2. The first-order valence-corrected chi connectivity index (χ1v) is 31.2. The molecule has 5 aromatic heterocycles. The number of hydrogen-bond acceptors (Lipinski definition) is 3. The Balaban J connectivity index is 1.14.